The first kappa shape index (κ1) is 11.1. The first-order valence-corrected chi connectivity index (χ1v) is 4.95. The lowest BCUT2D eigenvalue weighted by Gasteiger charge is -1.99. The third kappa shape index (κ3) is 1.95. The fourth-order valence-electron chi connectivity index (χ4n) is 1.10. The van der Waals surface area contributed by atoms with Crippen molar-refractivity contribution in [1.29, 1.82) is 0 Å². The summed E-state index contributed by atoms with van der Waals surface area (Å²) in [6.07, 6.45) is -2.84. The Bertz CT molecular complexity index is 515. The minimum absolute atomic E-state index is 0.0967. The normalized spacial score (nSPS) is 11.1. The minimum atomic E-state index is -2.84. The standard InChI is InChI=1S/C9H4BrF3N2O/c10-6-4(2-1-3-5(6)11)8-14-15-9(16-8)7(12)13/h1-3,7H. The van der Waals surface area contributed by atoms with E-state index < -0.39 is 18.1 Å². The van der Waals surface area contributed by atoms with E-state index in [-0.39, 0.29) is 15.9 Å². The Morgan fingerprint density at radius 3 is 2.62 bits per heavy atom. The highest BCUT2D eigenvalue weighted by Gasteiger charge is 2.19. The van der Waals surface area contributed by atoms with Gasteiger partial charge in [0.05, 0.1) is 10.0 Å². The average molecular weight is 293 g/mol. The van der Waals surface area contributed by atoms with E-state index in [4.69, 9.17) is 4.42 Å². The predicted molar refractivity (Wildman–Crippen MR) is 52.3 cm³/mol. The van der Waals surface area contributed by atoms with Gasteiger partial charge in [-0.3, -0.25) is 0 Å². The summed E-state index contributed by atoms with van der Waals surface area (Å²) >= 11 is 2.97. The van der Waals surface area contributed by atoms with Crippen LogP contribution in [0.25, 0.3) is 11.5 Å². The molecule has 1 aromatic carbocycles. The summed E-state index contributed by atoms with van der Waals surface area (Å²) in [7, 11) is 0. The van der Waals surface area contributed by atoms with E-state index >= 15 is 0 Å². The molecule has 3 nitrogen and oxygen atoms in total. The molecule has 0 fully saturated rings. The van der Waals surface area contributed by atoms with Crippen LogP contribution in [0.2, 0.25) is 0 Å². The van der Waals surface area contributed by atoms with Crippen LogP contribution in [-0.4, -0.2) is 10.2 Å². The van der Waals surface area contributed by atoms with E-state index in [0.717, 1.165) is 0 Å². The van der Waals surface area contributed by atoms with E-state index in [9.17, 15) is 13.2 Å². The fraction of sp³-hybridized carbons (Fsp3) is 0.111. The van der Waals surface area contributed by atoms with Crippen LogP contribution in [0.15, 0.2) is 27.1 Å². The molecule has 0 aliphatic heterocycles. The Morgan fingerprint density at radius 2 is 2.00 bits per heavy atom. The Morgan fingerprint density at radius 1 is 1.25 bits per heavy atom. The van der Waals surface area contributed by atoms with Crippen molar-refractivity contribution in [2.24, 2.45) is 0 Å². The van der Waals surface area contributed by atoms with Crippen molar-refractivity contribution in [1.82, 2.24) is 10.2 Å². The van der Waals surface area contributed by atoms with Gasteiger partial charge in [0.15, 0.2) is 0 Å². The molecule has 0 radical (unpaired) electrons. The van der Waals surface area contributed by atoms with Gasteiger partial charge in [0.1, 0.15) is 5.82 Å². The van der Waals surface area contributed by atoms with Crippen molar-refractivity contribution >= 4 is 15.9 Å². The van der Waals surface area contributed by atoms with Crippen LogP contribution in [0.1, 0.15) is 12.3 Å². The number of aromatic nitrogens is 2. The highest BCUT2D eigenvalue weighted by atomic mass is 79.9. The minimum Gasteiger partial charge on any atom is -0.415 e. The van der Waals surface area contributed by atoms with Crippen molar-refractivity contribution in [3.63, 3.8) is 0 Å². The average Bonchev–Trinajstić information content (AvgIpc) is 2.71. The van der Waals surface area contributed by atoms with E-state index in [1.807, 2.05) is 0 Å². The Hall–Kier alpha value is -1.37. The zero-order chi connectivity index (χ0) is 11.7. The van der Waals surface area contributed by atoms with Crippen molar-refractivity contribution in [2.75, 3.05) is 0 Å². The van der Waals surface area contributed by atoms with Crippen LogP contribution >= 0.6 is 15.9 Å². The molecular weight excluding hydrogens is 289 g/mol. The molecule has 0 amide bonds. The molecule has 0 bridgehead atoms. The smallest absolute Gasteiger partial charge is 0.314 e. The molecule has 0 N–H and O–H groups in total. The van der Waals surface area contributed by atoms with Crippen molar-refractivity contribution < 1.29 is 17.6 Å². The largest absolute Gasteiger partial charge is 0.415 e. The number of nitrogens with zero attached hydrogens (tertiary/aromatic N) is 2. The molecule has 0 aliphatic rings. The summed E-state index contributed by atoms with van der Waals surface area (Å²) in [6.45, 7) is 0. The third-order valence-corrected chi connectivity index (χ3v) is 2.62. The molecule has 84 valence electrons. The molecule has 2 aromatic rings. The lowest BCUT2D eigenvalue weighted by Crippen LogP contribution is -1.83. The molecule has 16 heavy (non-hydrogen) atoms. The Labute approximate surface area is 96.4 Å². The van der Waals surface area contributed by atoms with Crippen molar-refractivity contribution in [3.8, 4) is 11.5 Å². The summed E-state index contributed by atoms with van der Waals surface area (Å²) in [5.74, 6) is -1.47. The molecule has 2 rings (SSSR count). The molecule has 1 heterocycles. The highest BCUT2D eigenvalue weighted by Crippen LogP contribution is 2.30. The number of benzene rings is 1. The van der Waals surface area contributed by atoms with E-state index in [1.165, 1.54) is 18.2 Å². The van der Waals surface area contributed by atoms with Gasteiger partial charge in [-0.05, 0) is 28.1 Å². The van der Waals surface area contributed by atoms with Gasteiger partial charge in [-0.25, -0.2) is 4.39 Å². The van der Waals surface area contributed by atoms with Crippen molar-refractivity contribution in [3.05, 3.63) is 34.4 Å². The second-order valence-corrected chi connectivity index (χ2v) is 3.64. The lowest BCUT2D eigenvalue weighted by atomic mass is 10.2. The van der Waals surface area contributed by atoms with Crippen molar-refractivity contribution in [2.45, 2.75) is 6.43 Å². The molecule has 1 aromatic heterocycles. The van der Waals surface area contributed by atoms with Gasteiger partial charge >= 0.3 is 6.43 Å². The fourth-order valence-corrected chi connectivity index (χ4v) is 1.53. The quantitative estimate of drug-likeness (QED) is 0.849. The van der Waals surface area contributed by atoms with Gasteiger partial charge in [0, 0.05) is 0 Å². The summed E-state index contributed by atoms with van der Waals surface area (Å²) in [5, 5.41) is 6.57. The zero-order valence-electron chi connectivity index (χ0n) is 7.62. The van der Waals surface area contributed by atoms with E-state index in [0.29, 0.717) is 0 Å². The molecular formula is C9H4BrF3N2O. The molecule has 0 saturated carbocycles. The number of rotatable bonds is 2. The summed E-state index contributed by atoms with van der Waals surface area (Å²) in [6, 6.07) is 4.12. The van der Waals surface area contributed by atoms with E-state index in [1.54, 1.807) is 0 Å². The summed E-state index contributed by atoms with van der Waals surface area (Å²) < 4.78 is 42.3. The van der Waals surface area contributed by atoms with Gasteiger partial charge in [0.2, 0.25) is 5.89 Å². The maximum Gasteiger partial charge on any atom is 0.314 e. The highest BCUT2D eigenvalue weighted by molar-refractivity contribution is 9.10. The van der Waals surface area contributed by atoms with Crippen LogP contribution in [0, 0.1) is 5.82 Å². The predicted octanol–water partition coefficient (Wildman–Crippen LogP) is 3.58. The maximum atomic E-state index is 13.1. The molecule has 0 aliphatic carbocycles. The van der Waals surface area contributed by atoms with Crippen LogP contribution in [0.5, 0.6) is 0 Å². The number of halogens is 4. The summed E-state index contributed by atoms with van der Waals surface area (Å²) in [5.41, 5.74) is 0.236. The van der Waals surface area contributed by atoms with E-state index in [2.05, 4.69) is 26.1 Å². The molecule has 0 saturated heterocycles. The Kier molecular flexibility index (Phi) is 2.95. The second-order valence-electron chi connectivity index (χ2n) is 2.85. The topological polar surface area (TPSA) is 38.9 Å². The van der Waals surface area contributed by atoms with Crippen LogP contribution in [-0.2, 0) is 0 Å². The number of hydrogen-bond acceptors (Lipinski definition) is 3. The number of hydrogen-bond donors (Lipinski definition) is 0. The molecule has 7 heteroatoms. The van der Waals surface area contributed by atoms with Gasteiger partial charge in [-0.15, -0.1) is 10.2 Å². The second kappa shape index (κ2) is 4.25. The SMILES string of the molecule is Fc1cccc(-c2nnc(C(F)F)o2)c1Br. The molecule has 0 spiro atoms. The molecule has 0 unspecified atom stereocenters. The van der Waals surface area contributed by atoms with Gasteiger partial charge < -0.3 is 4.42 Å². The first-order valence-electron chi connectivity index (χ1n) is 4.15. The van der Waals surface area contributed by atoms with Gasteiger partial charge in [0.25, 0.3) is 5.89 Å². The lowest BCUT2D eigenvalue weighted by molar-refractivity contribution is 0.116. The third-order valence-electron chi connectivity index (χ3n) is 1.81. The van der Waals surface area contributed by atoms with Crippen LogP contribution < -0.4 is 0 Å². The van der Waals surface area contributed by atoms with Crippen LogP contribution in [0.3, 0.4) is 0 Å². The maximum absolute atomic E-state index is 13.1. The van der Waals surface area contributed by atoms with Gasteiger partial charge in [-0.1, -0.05) is 6.07 Å². The molecule has 0 atom stereocenters. The van der Waals surface area contributed by atoms with Gasteiger partial charge in [-0.2, -0.15) is 8.78 Å². The zero-order valence-corrected chi connectivity index (χ0v) is 9.21. The first-order chi connectivity index (χ1) is 7.59. The monoisotopic (exact) mass is 292 g/mol. The summed E-state index contributed by atoms with van der Waals surface area (Å²) in [4.78, 5) is 0. The number of alkyl halides is 2. The Balaban J connectivity index is 2.47. The van der Waals surface area contributed by atoms with Crippen LogP contribution in [0.4, 0.5) is 13.2 Å².